The molecule has 18 heavy (non-hydrogen) atoms. The van der Waals surface area contributed by atoms with E-state index in [1.165, 1.54) is 17.0 Å². The lowest BCUT2D eigenvalue weighted by Crippen LogP contribution is -2.13. The molecule has 3 aliphatic heterocycles. The Balaban J connectivity index is 1.83. The van der Waals surface area contributed by atoms with Gasteiger partial charge in [-0.3, -0.25) is 0 Å². The van der Waals surface area contributed by atoms with Crippen LogP contribution in [0.3, 0.4) is 0 Å². The van der Waals surface area contributed by atoms with Gasteiger partial charge in [0.2, 0.25) is 0 Å². The monoisotopic (exact) mass is 257 g/mol. The Hall–Kier alpha value is -1.74. The summed E-state index contributed by atoms with van der Waals surface area (Å²) in [5.41, 5.74) is 4.99. The SMILES string of the molecule is Clc1ccccc1[N+]1=NCC2=C1C1=[N+](C=CC1)C2. The van der Waals surface area contributed by atoms with Crippen LogP contribution in [0.4, 0.5) is 5.69 Å². The van der Waals surface area contributed by atoms with E-state index in [-0.39, 0.29) is 0 Å². The van der Waals surface area contributed by atoms with Crippen molar-refractivity contribution in [3.05, 3.63) is 52.8 Å². The van der Waals surface area contributed by atoms with Gasteiger partial charge in [-0.05, 0) is 22.0 Å². The van der Waals surface area contributed by atoms with Gasteiger partial charge in [0.1, 0.15) is 17.1 Å². The molecule has 3 heterocycles. The van der Waals surface area contributed by atoms with Gasteiger partial charge in [0, 0.05) is 6.07 Å². The van der Waals surface area contributed by atoms with Gasteiger partial charge in [0.05, 0.1) is 6.42 Å². The van der Waals surface area contributed by atoms with E-state index in [2.05, 4.69) is 22.0 Å². The Morgan fingerprint density at radius 3 is 3.00 bits per heavy atom. The normalized spacial score (nSPS) is 20.6. The van der Waals surface area contributed by atoms with Crippen molar-refractivity contribution >= 4 is 23.0 Å². The second kappa shape index (κ2) is 3.62. The molecule has 0 fully saturated rings. The minimum absolute atomic E-state index is 0.750. The first kappa shape index (κ1) is 10.2. The maximum Gasteiger partial charge on any atom is 0.312 e. The molecule has 0 aromatic heterocycles. The fourth-order valence-corrected chi connectivity index (χ4v) is 3.02. The number of allylic oxidation sites excluding steroid dienone is 2. The van der Waals surface area contributed by atoms with Crippen LogP contribution in [-0.2, 0) is 0 Å². The number of rotatable bonds is 1. The summed E-state index contributed by atoms with van der Waals surface area (Å²) >= 11 is 6.27. The molecule has 3 nitrogen and oxygen atoms in total. The van der Waals surface area contributed by atoms with Crippen molar-refractivity contribution in [2.45, 2.75) is 6.42 Å². The fourth-order valence-electron chi connectivity index (χ4n) is 2.81. The maximum atomic E-state index is 6.27. The highest BCUT2D eigenvalue weighted by atomic mass is 35.5. The van der Waals surface area contributed by atoms with Crippen molar-refractivity contribution in [2.24, 2.45) is 5.11 Å². The lowest BCUT2D eigenvalue weighted by Gasteiger charge is -1.98. The van der Waals surface area contributed by atoms with E-state index in [1.807, 2.05) is 29.0 Å². The lowest BCUT2D eigenvalue weighted by molar-refractivity contribution is -0.464. The molecule has 0 saturated heterocycles. The Morgan fingerprint density at radius 2 is 2.11 bits per heavy atom. The molecule has 0 saturated carbocycles. The maximum absolute atomic E-state index is 6.27. The standard InChI is InChI=1S/C14H12ClN3/c15-11-4-1-2-5-12(11)18-14-10(8-16-18)9-17-7-3-6-13(14)17/h1-5,7H,6,8-9H2/q+2. The lowest BCUT2D eigenvalue weighted by atomic mass is 10.1. The number of nitrogens with zero attached hydrogens (tertiary/aromatic N) is 3. The summed E-state index contributed by atoms with van der Waals surface area (Å²) in [4.78, 5) is 0. The number of halogens is 1. The summed E-state index contributed by atoms with van der Waals surface area (Å²) in [6.07, 6.45) is 5.36. The van der Waals surface area contributed by atoms with Crippen molar-refractivity contribution in [1.82, 2.24) is 0 Å². The molecule has 0 unspecified atom stereocenters. The van der Waals surface area contributed by atoms with Gasteiger partial charge in [0.15, 0.2) is 12.7 Å². The van der Waals surface area contributed by atoms with Crippen LogP contribution in [0, 0.1) is 0 Å². The molecule has 4 heteroatoms. The summed E-state index contributed by atoms with van der Waals surface area (Å²) in [5.74, 6) is 0. The van der Waals surface area contributed by atoms with Crippen molar-refractivity contribution in [3.63, 3.8) is 0 Å². The zero-order valence-corrected chi connectivity index (χ0v) is 10.6. The van der Waals surface area contributed by atoms with E-state index in [0.29, 0.717) is 0 Å². The summed E-state index contributed by atoms with van der Waals surface area (Å²) < 4.78 is 4.32. The minimum Gasteiger partial charge on any atom is -0.192 e. The Bertz CT molecular complexity index is 680. The topological polar surface area (TPSA) is 18.4 Å². The second-order valence-electron chi connectivity index (χ2n) is 4.68. The van der Waals surface area contributed by atoms with Crippen LogP contribution < -0.4 is 0 Å². The molecule has 0 atom stereocenters. The molecule has 0 amide bonds. The fraction of sp³-hybridized carbons (Fsp3) is 0.214. The summed E-state index contributed by atoms with van der Waals surface area (Å²) in [7, 11) is 0. The van der Waals surface area contributed by atoms with Crippen LogP contribution in [0.5, 0.6) is 0 Å². The van der Waals surface area contributed by atoms with Crippen LogP contribution in [0.25, 0.3) is 0 Å². The summed E-state index contributed by atoms with van der Waals surface area (Å²) in [5, 5.41) is 5.36. The summed E-state index contributed by atoms with van der Waals surface area (Å²) in [6.45, 7) is 1.76. The first-order chi connectivity index (χ1) is 8.84. The third-order valence-electron chi connectivity index (χ3n) is 3.61. The molecular formula is C14H12ClN3+2. The molecule has 4 rings (SSSR count). The smallest absolute Gasteiger partial charge is 0.192 e. The summed E-state index contributed by atoms with van der Waals surface area (Å²) in [6, 6.07) is 7.88. The van der Waals surface area contributed by atoms with Gasteiger partial charge in [-0.15, -0.1) is 0 Å². The van der Waals surface area contributed by atoms with Gasteiger partial charge < -0.3 is 0 Å². The highest BCUT2D eigenvalue weighted by Gasteiger charge is 2.46. The number of hydrogen-bond acceptors (Lipinski definition) is 1. The van der Waals surface area contributed by atoms with Gasteiger partial charge in [-0.2, -0.15) is 4.58 Å². The molecule has 0 N–H and O–H groups in total. The molecule has 0 bridgehead atoms. The molecule has 3 aliphatic rings. The quantitative estimate of drug-likeness (QED) is 0.689. The number of azo groups is 2. The predicted molar refractivity (Wildman–Crippen MR) is 69.6 cm³/mol. The molecular weight excluding hydrogens is 246 g/mol. The highest BCUT2D eigenvalue weighted by Crippen LogP contribution is 2.35. The molecule has 0 radical (unpaired) electrons. The van der Waals surface area contributed by atoms with Crippen LogP contribution in [0.2, 0.25) is 5.02 Å². The first-order valence-electron chi connectivity index (χ1n) is 6.08. The van der Waals surface area contributed by atoms with E-state index in [9.17, 15) is 0 Å². The van der Waals surface area contributed by atoms with Crippen LogP contribution in [0.15, 0.2) is 52.9 Å². The number of para-hydroxylation sites is 1. The number of fused-ring (bicyclic) bond motifs is 1. The third kappa shape index (κ3) is 1.28. The Kier molecular flexibility index (Phi) is 2.06. The molecule has 0 aliphatic carbocycles. The third-order valence-corrected chi connectivity index (χ3v) is 3.93. The van der Waals surface area contributed by atoms with Crippen molar-refractivity contribution < 1.29 is 9.27 Å². The average molecular weight is 258 g/mol. The highest BCUT2D eigenvalue weighted by molar-refractivity contribution is 6.32. The van der Waals surface area contributed by atoms with Crippen LogP contribution >= 0.6 is 11.6 Å². The minimum atomic E-state index is 0.750. The average Bonchev–Trinajstić information content (AvgIpc) is 3.00. The van der Waals surface area contributed by atoms with E-state index in [1.54, 1.807) is 0 Å². The Morgan fingerprint density at radius 1 is 1.22 bits per heavy atom. The molecule has 88 valence electrons. The van der Waals surface area contributed by atoms with E-state index < -0.39 is 0 Å². The van der Waals surface area contributed by atoms with E-state index in [4.69, 9.17) is 11.6 Å². The van der Waals surface area contributed by atoms with Crippen molar-refractivity contribution in [3.8, 4) is 0 Å². The van der Waals surface area contributed by atoms with E-state index in [0.717, 1.165) is 30.2 Å². The van der Waals surface area contributed by atoms with Crippen LogP contribution in [0.1, 0.15) is 6.42 Å². The van der Waals surface area contributed by atoms with E-state index >= 15 is 0 Å². The predicted octanol–water partition coefficient (Wildman–Crippen LogP) is 3.09. The van der Waals surface area contributed by atoms with Gasteiger partial charge in [0.25, 0.3) is 11.4 Å². The first-order valence-corrected chi connectivity index (χ1v) is 6.46. The van der Waals surface area contributed by atoms with Gasteiger partial charge in [-0.25, -0.2) is 0 Å². The molecule has 1 aromatic carbocycles. The second-order valence-corrected chi connectivity index (χ2v) is 5.09. The zero-order valence-electron chi connectivity index (χ0n) is 9.81. The number of benzene rings is 1. The van der Waals surface area contributed by atoms with Crippen molar-refractivity contribution in [1.29, 1.82) is 0 Å². The molecule has 1 aromatic rings. The van der Waals surface area contributed by atoms with Gasteiger partial charge in [-0.1, -0.05) is 23.7 Å². The number of hydrogen-bond donors (Lipinski definition) is 0. The van der Waals surface area contributed by atoms with Crippen LogP contribution in [-0.4, -0.2) is 28.1 Å². The van der Waals surface area contributed by atoms with Crippen molar-refractivity contribution in [2.75, 3.05) is 13.1 Å². The Labute approximate surface area is 110 Å². The largest absolute Gasteiger partial charge is 0.312 e. The van der Waals surface area contributed by atoms with Gasteiger partial charge >= 0.3 is 5.70 Å². The molecule has 0 spiro atoms. The zero-order chi connectivity index (χ0) is 12.1.